The first-order chi connectivity index (χ1) is 7.43. The highest BCUT2D eigenvalue weighted by Crippen LogP contribution is 2.23. The van der Waals surface area contributed by atoms with Crippen LogP contribution in [0.4, 0.5) is 0 Å². The summed E-state index contributed by atoms with van der Waals surface area (Å²) in [5.74, 6) is 0. The SMILES string of the molecule is [c]1c(-c2ccncc2)ccc2occc12. The van der Waals surface area contributed by atoms with Crippen LogP contribution in [0.15, 0.2) is 53.4 Å². The average molecular weight is 194 g/mol. The Labute approximate surface area is 87.2 Å². The van der Waals surface area contributed by atoms with Crippen LogP contribution >= 0.6 is 0 Å². The van der Waals surface area contributed by atoms with Gasteiger partial charge in [0.05, 0.1) is 6.26 Å². The van der Waals surface area contributed by atoms with E-state index < -0.39 is 0 Å². The molecule has 0 fully saturated rings. The van der Waals surface area contributed by atoms with Gasteiger partial charge in [0.2, 0.25) is 0 Å². The van der Waals surface area contributed by atoms with Crippen LogP contribution in [-0.2, 0) is 0 Å². The van der Waals surface area contributed by atoms with E-state index in [4.69, 9.17) is 4.42 Å². The molecule has 0 atom stereocenters. The minimum absolute atomic E-state index is 0.868. The Kier molecular flexibility index (Phi) is 1.78. The van der Waals surface area contributed by atoms with Crippen LogP contribution < -0.4 is 0 Å². The summed E-state index contributed by atoms with van der Waals surface area (Å²) >= 11 is 0. The quantitative estimate of drug-likeness (QED) is 0.594. The predicted molar refractivity (Wildman–Crippen MR) is 58.3 cm³/mol. The minimum atomic E-state index is 0.868. The summed E-state index contributed by atoms with van der Waals surface area (Å²) in [5, 5.41) is 1.00. The molecule has 0 spiro atoms. The van der Waals surface area contributed by atoms with E-state index >= 15 is 0 Å². The first-order valence-electron chi connectivity index (χ1n) is 4.73. The van der Waals surface area contributed by atoms with E-state index in [1.807, 2.05) is 30.3 Å². The molecule has 15 heavy (non-hydrogen) atoms. The van der Waals surface area contributed by atoms with E-state index in [-0.39, 0.29) is 0 Å². The second-order valence-electron chi connectivity index (χ2n) is 3.31. The third kappa shape index (κ3) is 1.40. The lowest BCUT2D eigenvalue weighted by molar-refractivity contribution is 0.616. The van der Waals surface area contributed by atoms with Gasteiger partial charge in [0.1, 0.15) is 5.58 Å². The maximum absolute atomic E-state index is 5.27. The molecule has 0 N–H and O–H groups in total. The van der Waals surface area contributed by atoms with Gasteiger partial charge in [0.15, 0.2) is 0 Å². The summed E-state index contributed by atoms with van der Waals surface area (Å²) < 4.78 is 5.27. The van der Waals surface area contributed by atoms with E-state index in [0.717, 1.165) is 22.1 Å². The Morgan fingerprint density at radius 1 is 1.00 bits per heavy atom. The van der Waals surface area contributed by atoms with E-state index in [9.17, 15) is 0 Å². The lowest BCUT2D eigenvalue weighted by atomic mass is 10.1. The third-order valence-corrected chi connectivity index (χ3v) is 2.36. The summed E-state index contributed by atoms with van der Waals surface area (Å²) in [5.41, 5.74) is 3.05. The number of rotatable bonds is 1. The van der Waals surface area contributed by atoms with E-state index in [0.29, 0.717) is 0 Å². The Bertz CT molecular complexity index is 584. The predicted octanol–water partition coefficient (Wildman–Crippen LogP) is 3.29. The van der Waals surface area contributed by atoms with Gasteiger partial charge >= 0.3 is 0 Å². The highest BCUT2D eigenvalue weighted by Gasteiger charge is 2.01. The van der Waals surface area contributed by atoms with Gasteiger partial charge in [-0.25, -0.2) is 0 Å². The molecular formula is C13H8NO. The third-order valence-electron chi connectivity index (χ3n) is 2.36. The molecule has 71 valence electrons. The molecule has 0 saturated carbocycles. The second kappa shape index (κ2) is 3.24. The molecule has 0 amide bonds. The fraction of sp³-hybridized carbons (Fsp3) is 0. The van der Waals surface area contributed by atoms with Crippen LogP contribution in [0.5, 0.6) is 0 Å². The number of fused-ring (bicyclic) bond motifs is 1. The monoisotopic (exact) mass is 194 g/mol. The van der Waals surface area contributed by atoms with E-state index in [1.165, 1.54) is 0 Å². The molecule has 2 nitrogen and oxygen atoms in total. The fourth-order valence-corrected chi connectivity index (χ4v) is 1.60. The minimum Gasteiger partial charge on any atom is -0.464 e. The normalized spacial score (nSPS) is 10.7. The van der Waals surface area contributed by atoms with Crippen molar-refractivity contribution in [1.29, 1.82) is 0 Å². The van der Waals surface area contributed by atoms with Crippen LogP contribution in [0.25, 0.3) is 22.1 Å². The van der Waals surface area contributed by atoms with E-state index in [2.05, 4.69) is 11.1 Å². The maximum atomic E-state index is 5.27. The topological polar surface area (TPSA) is 26.0 Å². The number of furan rings is 1. The number of hydrogen-bond donors (Lipinski definition) is 0. The number of aromatic nitrogens is 1. The molecule has 0 aliphatic rings. The number of benzene rings is 1. The highest BCUT2D eigenvalue weighted by atomic mass is 16.3. The molecule has 2 heteroatoms. The summed E-state index contributed by atoms with van der Waals surface area (Å²) in [7, 11) is 0. The average Bonchev–Trinajstić information content (AvgIpc) is 2.77. The Balaban J connectivity index is 2.19. The summed E-state index contributed by atoms with van der Waals surface area (Å²) in [6.45, 7) is 0. The zero-order valence-electron chi connectivity index (χ0n) is 7.97. The van der Waals surface area contributed by atoms with Gasteiger partial charge in [-0.15, -0.1) is 0 Å². The number of nitrogens with zero attached hydrogens (tertiary/aromatic N) is 1. The van der Waals surface area contributed by atoms with Crippen LogP contribution in [0.2, 0.25) is 0 Å². The molecule has 0 unspecified atom stereocenters. The van der Waals surface area contributed by atoms with E-state index in [1.54, 1.807) is 18.7 Å². The van der Waals surface area contributed by atoms with Crippen LogP contribution in [0, 0.1) is 6.07 Å². The van der Waals surface area contributed by atoms with Crippen LogP contribution in [0.1, 0.15) is 0 Å². The molecule has 0 saturated heterocycles. The molecule has 3 rings (SSSR count). The molecule has 2 aromatic heterocycles. The van der Waals surface area contributed by atoms with Gasteiger partial charge in [-0.1, -0.05) is 6.07 Å². The molecule has 2 heterocycles. The zero-order chi connectivity index (χ0) is 10.1. The van der Waals surface area contributed by atoms with Crippen molar-refractivity contribution in [2.75, 3.05) is 0 Å². The highest BCUT2D eigenvalue weighted by molar-refractivity contribution is 5.82. The van der Waals surface area contributed by atoms with Gasteiger partial charge in [0.25, 0.3) is 0 Å². The molecular weight excluding hydrogens is 186 g/mol. The summed E-state index contributed by atoms with van der Waals surface area (Å²) in [6.07, 6.45) is 5.24. The van der Waals surface area contributed by atoms with Crippen LogP contribution in [-0.4, -0.2) is 4.98 Å². The smallest absolute Gasteiger partial charge is 0.134 e. The zero-order valence-corrected chi connectivity index (χ0v) is 7.97. The molecule has 1 aromatic carbocycles. The fourth-order valence-electron chi connectivity index (χ4n) is 1.60. The van der Waals surface area contributed by atoms with Crippen molar-refractivity contribution < 1.29 is 4.42 Å². The molecule has 0 bridgehead atoms. The molecule has 1 radical (unpaired) electrons. The largest absolute Gasteiger partial charge is 0.464 e. The second-order valence-corrected chi connectivity index (χ2v) is 3.31. The van der Waals surface area contributed by atoms with Crippen molar-refractivity contribution in [1.82, 2.24) is 4.98 Å². The van der Waals surface area contributed by atoms with Crippen molar-refractivity contribution >= 4 is 11.0 Å². The Morgan fingerprint density at radius 3 is 2.73 bits per heavy atom. The van der Waals surface area contributed by atoms with Crippen molar-refractivity contribution in [2.45, 2.75) is 0 Å². The van der Waals surface area contributed by atoms with Gasteiger partial charge in [0, 0.05) is 23.8 Å². The molecule has 0 aliphatic carbocycles. The Morgan fingerprint density at radius 2 is 1.87 bits per heavy atom. The van der Waals surface area contributed by atoms with Crippen molar-refractivity contribution in [3.63, 3.8) is 0 Å². The summed E-state index contributed by atoms with van der Waals surface area (Å²) in [6, 6.07) is 13.1. The van der Waals surface area contributed by atoms with Crippen molar-refractivity contribution in [2.24, 2.45) is 0 Å². The lowest BCUT2D eigenvalue weighted by Crippen LogP contribution is -1.78. The van der Waals surface area contributed by atoms with Gasteiger partial charge < -0.3 is 4.42 Å². The first-order valence-corrected chi connectivity index (χ1v) is 4.73. The molecule has 3 aromatic rings. The standard InChI is InChI=1S/C13H8NO/c1-2-13-12(5-8-15-13)9-11(1)10-3-6-14-7-4-10/h1-8H. The molecule has 0 aliphatic heterocycles. The lowest BCUT2D eigenvalue weighted by Gasteiger charge is -1.99. The summed E-state index contributed by atoms with van der Waals surface area (Å²) in [4.78, 5) is 3.99. The number of hydrogen-bond acceptors (Lipinski definition) is 2. The van der Waals surface area contributed by atoms with Crippen molar-refractivity contribution in [3.8, 4) is 11.1 Å². The number of pyridine rings is 1. The maximum Gasteiger partial charge on any atom is 0.134 e. The van der Waals surface area contributed by atoms with Gasteiger partial charge in [-0.05, 0) is 35.4 Å². The van der Waals surface area contributed by atoms with Gasteiger partial charge in [-0.3, -0.25) is 4.98 Å². The Hall–Kier alpha value is -2.09. The van der Waals surface area contributed by atoms with Crippen molar-refractivity contribution in [3.05, 3.63) is 55.1 Å². The van der Waals surface area contributed by atoms with Gasteiger partial charge in [-0.2, -0.15) is 0 Å². The first kappa shape index (κ1) is 8.24. The van der Waals surface area contributed by atoms with Crippen LogP contribution in [0.3, 0.4) is 0 Å².